The van der Waals surface area contributed by atoms with Gasteiger partial charge in [0.05, 0.1) is 6.10 Å². The summed E-state index contributed by atoms with van der Waals surface area (Å²) in [4.78, 5) is 13.5. The number of hydrogen-bond acceptors (Lipinski definition) is 3. The molecule has 1 atom stereocenters. The fraction of sp³-hybridized carbons (Fsp3) is 0.500. The third-order valence-electron chi connectivity index (χ3n) is 3.25. The van der Waals surface area contributed by atoms with Crippen molar-refractivity contribution in [2.75, 3.05) is 13.1 Å². The average molecular weight is 300 g/mol. The van der Waals surface area contributed by atoms with E-state index >= 15 is 0 Å². The number of piperidine rings is 1. The van der Waals surface area contributed by atoms with E-state index in [0.29, 0.717) is 25.1 Å². The summed E-state index contributed by atoms with van der Waals surface area (Å²) in [7, 11) is 0. The highest BCUT2D eigenvalue weighted by atomic mass is 19.3. The molecule has 2 amide bonds. The fourth-order valence-electron chi connectivity index (χ4n) is 2.26. The summed E-state index contributed by atoms with van der Waals surface area (Å²) in [5.74, 6) is 0.0603. The van der Waals surface area contributed by atoms with Gasteiger partial charge in [0.2, 0.25) is 0 Å². The molecule has 1 unspecified atom stereocenters. The van der Waals surface area contributed by atoms with Gasteiger partial charge in [-0.3, -0.25) is 0 Å². The number of likely N-dealkylation sites (tertiary alicyclic amines) is 1. The number of ether oxygens (including phenoxy) is 1. The Labute approximate surface area is 121 Å². The number of carbonyl (C=O) groups excluding carboxylic acids is 1. The number of hydrogen-bond donors (Lipinski definition) is 2. The summed E-state index contributed by atoms with van der Waals surface area (Å²) in [5, 5.41) is 12.2. The van der Waals surface area contributed by atoms with Gasteiger partial charge in [0.25, 0.3) is 0 Å². The molecule has 1 saturated heterocycles. The molecule has 1 aromatic carbocycles. The Hall–Kier alpha value is -1.89. The molecule has 1 aromatic rings. The second kappa shape index (κ2) is 7.21. The number of urea groups is 1. The first-order valence-electron chi connectivity index (χ1n) is 6.79. The van der Waals surface area contributed by atoms with Crippen molar-refractivity contribution < 1.29 is 23.4 Å². The van der Waals surface area contributed by atoms with Crippen LogP contribution in [0.3, 0.4) is 0 Å². The number of alkyl halides is 2. The number of aliphatic hydroxyl groups excluding tert-OH is 1. The van der Waals surface area contributed by atoms with Crippen molar-refractivity contribution in [2.24, 2.45) is 0 Å². The molecule has 1 aliphatic heterocycles. The number of amides is 2. The third-order valence-corrected chi connectivity index (χ3v) is 3.25. The van der Waals surface area contributed by atoms with Crippen molar-refractivity contribution in [3.63, 3.8) is 0 Å². The van der Waals surface area contributed by atoms with Crippen LogP contribution in [0.5, 0.6) is 5.75 Å². The van der Waals surface area contributed by atoms with E-state index in [4.69, 9.17) is 0 Å². The Morgan fingerprint density at radius 2 is 2.33 bits per heavy atom. The van der Waals surface area contributed by atoms with Crippen LogP contribution in [0.1, 0.15) is 18.4 Å². The first kappa shape index (κ1) is 15.5. The summed E-state index contributed by atoms with van der Waals surface area (Å²) in [6, 6.07) is 5.91. The van der Waals surface area contributed by atoms with Gasteiger partial charge in [-0.15, -0.1) is 0 Å². The maximum absolute atomic E-state index is 12.1. The summed E-state index contributed by atoms with van der Waals surface area (Å²) >= 11 is 0. The number of nitrogens with one attached hydrogen (secondary N) is 1. The molecule has 116 valence electrons. The first-order valence-corrected chi connectivity index (χ1v) is 6.79. The normalized spacial score (nSPS) is 18.7. The molecule has 1 fully saturated rings. The van der Waals surface area contributed by atoms with E-state index in [1.807, 2.05) is 0 Å². The fourth-order valence-corrected chi connectivity index (χ4v) is 2.26. The van der Waals surface area contributed by atoms with Crippen LogP contribution in [0, 0.1) is 0 Å². The summed E-state index contributed by atoms with van der Waals surface area (Å²) in [5.41, 5.74) is 0.666. The highest BCUT2D eigenvalue weighted by molar-refractivity contribution is 5.74. The molecule has 1 aliphatic rings. The van der Waals surface area contributed by atoms with Crippen molar-refractivity contribution in [3.05, 3.63) is 29.8 Å². The minimum absolute atomic E-state index is 0.0603. The van der Waals surface area contributed by atoms with E-state index in [1.165, 1.54) is 12.1 Å². The van der Waals surface area contributed by atoms with E-state index in [2.05, 4.69) is 10.1 Å². The lowest BCUT2D eigenvalue weighted by Gasteiger charge is -2.30. The maximum atomic E-state index is 12.1. The van der Waals surface area contributed by atoms with Gasteiger partial charge in [0, 0.05) is 19.6 Å². The molecule has 0 aromatic heterocycles. The van der Waals surface area contributed by atoms with Crippen LogP contribution in [-0.2, 0) is 6.54 Å². The summed E-state index contributed by atoms with van der Waals surface area (Å²) in [6.45, 7) is -1.73. The number of aliphatic hydroxyl groups is 1. The predicted octanol–water partition coefficient (Wildman–Crippen LogP) is 1.95. The predicted molar refractivity (Wildman–Crippen MR) is 72.1 cm³/mol. The molecule has 5 nitrogen and oxygen atoms in total. The number of halogens is 2. The van der Waals surface area contributed by atoms with E-state index in [9.17, 15) is 18.7 Å². The van der Waals surface area contributed by atoms with Crippen LogP contribution in [0.2, 0.25) is 0 Å². The SMILES string of the molecule is O=C(NCc1cccc(OC(F)F)c1)N1CCCC(O)C1. The Morgan fingerprint density at radius 3 is 3.05 bits per heavy atom. The molecule has 0 radical (unpaired) electrons. The largest absolute Gasteiger partial charge is 0.435 e. The molecule has 1 heterocycles. The van der Waals surface area contributed by atoms with Gasteiger partial charge < -0.3 is 20.1 Å². The summed E-state index contributed by atoms with van der Waals surface area (Å²) in [6.07, 6.45) is 0.996. The zero-order chi connectivity index (χ0) is 15.2. The minimum Gasteiger partial charge on any atom is -0.435 e. The monoisotopic (exact) mass is 300 g/mol. The molecule has 2 N–H and O–H groups in total. The Morgan fingerprint density at radius 1 is 1.52 bits per heavy atom. The highest BCUT2D eigenvalue weighted by Crippen LogP contribution is 2.16. The highest BCUT2D eigenvalue weighted by Gasteiger charge is 2.21. The van der Waals surface area contributed by atoms with Crippen LogP contribution in [0.25, 0.3) is 0 Å². The van der Waals surface area contributed by atoms with Crippen LogP contribution in [-0.4, -0.2) is 41.8 Å². The number of rotatable bonds is 4. The number of carbonyl (C=O) groups is 1. The maximum Gasteiger partial charge on any atom is 0.387 e. The van der Waals surface area contributed by atoms with Crippen molar-refractivity contribution in [2.45, 2.75) is 32.1 Å². The molecular formula is C14H18F2N2O3. The van der Waals surface area contributed by atoms with Gasteiger partial charge in [-0.25, -0.2) is 4.79 Å². The first-order chi connectivity index (χ1) is 10.0. The van der Waals surface area contributed by atoms with E-state index < -0.39 is 12.7 Å². The van der Waals surface area contributed by atoms with E-state index in [0.717, 1.165) is 6.42 Å². The number of β-amino-alcohol motifs (C(OH)–C–C–N with tert-alkyl or cyclic N) is 1. The average Bonchev–Trinajstić information content (AvgIpc) is 2.44. The lowest BCUT2D eigenvalue weighted by Crippen LogP contribution is -2.46. The molecule has 2 rings (SSSR count). The van der Waals surface area contributed by atoms with Gasteiger partial charge in [-0.05, 0) is 30.5 Å². The molecule has 0 spiro atoms. The molecule has 0 saturated carbocycles. The van der Waals surface area contributed by atoms with Crippen molar-refractivity contribution in [1.82, 2.24) is 10.2 Å². The van der Waals surface area contributed by atoms with Gasteiger partial charge in [0.15, 0.2) is 0 Å². The number of nitrogens with zero attached hydrogens (tertiary/aromatic N) is 1. The molecule has 0 aliphatic carbocycles. The second-order valence-electron chi connectivity index (χ2n) is 4.93. The van der Waals surface area contributed by atoms with Gasteiger partial charge in [-0.2, -0.15) is 8.78 Å². The topological polar surface area (TPSA) is 61.8 Å². The minimum atomic E-state index is -2.87. The van der Waals surface area contributed by atoms with Crippen LogP contribution < -0.4 is 10.1 Å². The number of benzene rings is 1. The standard InChI is InChI=1S/C14H18F2N2O3/c15-13(16)21-12-5-1-3-10(7-12)8-17-14(20)18-6-2-4-11(19)9-18/h1,3,5,7,11,13,19H,2,4,6,8-9H2,(H,17,20). The molecule has 7 heteroatoms. The van der Waals surface area contributed by atoms with Crippen LogP contribution in [0.15, 0.2) is 24.3 Å². The smallest absolute Gasteiger partial charge is 0.387 e. The van der Waals surface area contributed by atoms with E-state index in [-0.39, 0.29) is 18.3 Å². The third kappa shape index (κ3) is 4.86. The van der Waals surface area contributed by atoms with E-state index in [1.54, 1.807) is 17.0 Å². The van der Waals surface area contributed by atoms with Crippen molar-refractivity contribution >= 4 is 6.03 Å². The Balaban J connectivity index is 1.86. The second-order valence-corrected chi connectivity index (χ2v) is 4.93. The summed E-state index contributed by atoms with van der Waals surface area (Å²) < 4.78 is 28.5. The van der Waals surface area contributed by atoms with Gasteiger partial charge in [0.1, 0.15) is 5.75 Å². The van der Waals surface area contributed by atoms with Crippen LogP contribution >= 0.6 is 0 Å². The van der Waals surface area contributed by atoms with Gasteiger partial charge >= 0.3 is 12.6 Å². The molecule has 21 heavy (non-hydrogen) atoms. The molecular weight excluding hydrogens is 282 g/mol. The quantitative estimate of drug-likeness (QED) is 0.893. The Bertz CT molecular complexity index is 485. The molecule has 0 bridgehead atoms. The van der Waals surface area contributed by atoms with Gasteiger partial charge in [-0.1, -0.05) is 12.1 Å². The van der Waals surface area contributed by atoms with Crippen LogP contribution in [0.4, 0.5) is 13.6 Å². The zero-order valence-electron chi connectivity index (χ0n) is 11.5. The van der Waals surface area contributed by atoms with Crippen molar-refractivity contribution in [3.8, 4) is 5.75 Å². The Kier molecular flexibility index (Phi) is 5.32. The lowest BCUT2D eigenvalue weighted by molar-refractivity contribution is -0.0498. The van der Waals surface area contributed by atoms with Crippen molar-refractivity contribution in [1.29, 1.82) is 0 Å². The lowest BCUT2D eigenvalue weighted by atomic mass is 10.1. The zero-order valence-corrected chi connectivity index (χ0v) is 11.5.